The second kappa shape index (κ2) is 12.9. The molecule has 4 aromatic rings. The highest BCUT2D eigenvalue weighted by Crippen LogP contribution is 2.33. The number of amidine groups is 1. The van der Waals surface area contributed by atoms with Crippen LogP contribution in [-0.2, 0) is 16.1 Å². The van der Waals surface area contributed by atoms with Gasteiger partial charge in [0.15, 0.2) is 11.0 Å². The van der Waals surface area contributed by atoms with E-state index in [1.165, 1.54) is 40.2 Å². The van der Waals surface area contributed by atoms with Gasteiger partial charge in [0.1, 0.15) is 17.9 Å². The molecule has 0 bridgehead atoms. The number of amides is 3. The zero-order valence-electron chi connectivity index (χ0n) is 24.3. The molecular weight excluding hydrogens is 628 g/mol. The number of aryl methyl sites for hydroxylation is 1. The maximum atomic E-state index is 15.1. The molecular formula is C31H26F4N6O4S. The zero-order chi connectivity index (χ0) is 32.4. The molecule has 3 amide bonds. The fourth-order valence-electron chi connectivity index (χ4n) is 4.61. The Morgan fingerprint density at radius 3 is 2.61 bits per heavy atom. The Labute approximate surface area is 264 Å². The second-order valence-corrected chi connectivity index (χ2v) is 11.6. The van der Waals surface area contributed by atoms with Crippen LogP contribution in [0.2, 0.25) is 0 Å². The van der Waals surface area contributed by atoms with Gasteiger partial charge in [0.05, 0.1) is 29.4 Å². The van der Waals surface area contributed by atoms with Crippen molar-refractivity contribution in [2.45, 2.75) is 32.7 Å². The van der Waals surface area contributed by atoms with Gasteiger partial charge in [-0.2, -0.15) is 4.99 Å². The average Bonchev–Trinajstić information content (AvgIpc) is 3.57. The first-order valence-corrected chi connectivity index (χ1v) is 15.1. The van der Waals surface area contributed by atoms with E-state index >= 15 is 4.39 Å². The number of carbonyl (C=O) groups excluding carboxylic acids is 2. The number of anilines is 2. The minimum atomic E-state index is -4.81. The number of aliphatic imine (C=N–C) groups is 1. The summed E-state index contributed by atoms with van der Waals surface area (Å²) < 4.78 is 63.4. The van der Waals surface area contributed by atoms with Gasteiger partial charge in [-0.3, -0.25) is 9.69 Å². The van der Waals surface area contributed by atoms with E-state index in [-0.39, 0.29) is 39.7 Å². The van der Waals surface area contributed by atoms with Crippen molar-refractivity contribution in [3.8, 4) is 22.8 Å². The zero-order valence-corrected chi connectivity index (χ0v) is 25.1. The van der Waals surface area contributed by atoms with Crippen molar-refractivity contribution < 1.29 is 36.6 Å². The first-order valence-electron chi connectivity index (χ1n) is 14.1. The molecule has 15 heteroatoms. The number of urea groups is 1. The van der Waals surface area contributed by atoms with Gasteiger partial charge in [0, 0.05) is 17.7 Å². The van der Waals surface area contributed by atoms with Crippen molar-refractivity contribution in [1.82, 2.24) is 14.8 Å². The first kappa shape index (κ1) is 31.2. The van der Waals surface area contributed by atoms with E-state index in [0.717, 1.165) is 53.9 Å². The van der Waals surface area contributed by atoms with Gasteiger partial charge in [0.25, 0.3) is 0 Å². The Morgan fingerprint density at radius 2 is 1.89 bits per heavy atom. The molecule has 2 heterocycles. The van der Waals surface area contributed by atoms with Crippen LogP contribution in [0, 0.1) is 18.7 Å². The van der Waals surface area contributed by atoms with E-state index in [0.29, 0.717) is 30.5 Å². The van der Waals surface area contributed by atoms with Crippen LogP contribution in [-0.4, -0.2) is 50.6 Å². The average molecular weight is 655 g/mol. The fraction of sp³-hybridized carbons (Fsp3) is 0.258. The second-order valence-electron chi connectivity index (χ2n) is 10.7. The van der Waals surface area contributed by atoms with Crippen LogP contribution >= 0.6 is 11.8 Å². The number of hydrogen-bond acceptors (Lipinski definition) is 7. The molecule has 0 spiro atoms. The summed E-state index contributed by atoms with van der Waals surface area (Å²) in [5.41, 5.74) is 2.84. The van der Waals surface area contributed by atoms with Crippen LogP contribution in [0.25, 0.3) is 17.1 Å². The number of halogens is 4. The molecule has 0 unspecified atom stereocenters. The lowest BCUT2D eigenvalue weighted by Crippen LogP contribution is -2.31. The molecule has 1 N–H and O–H groups in total. The summed E-state index contributed by atoms with van der Waals surface area (Å²) >= 11 is 1.11. The summed E-state index contributed by atoms with van der Waals surface area (Å²) in [4.78, 5) is 35.4. The van der Waals surface area contributed by atoms with Crippen LogP contribution < -0.4 is 15.0 Å². The summed E-state index contributed by atoms with van der Waals surface area (Å²) in [6.45, 7) is 2.86. The quantitative estimate of drug-likeness (QED) is 0.196. The Morgan fingerprint density at radius 1 is 1.11 bits per heavy atom. The molecule has 0 atom stereocenters. The van der Waals surface area contributed by atoms with Crippen molar-refractivity contribution in [2.24, 2.45) is 10.9 Å². The Kier molecular flexibility index (Phi) is 8.77. The number of hydrogen-bond donors (Lipinski definition) is 1. The van der Waals surface area contributed by atoms with Crippen LogP contribution in [0.5, 0.6) is 5.75 Å². The number of alkyl halides is 3. The van der Waals surface area contributed by atoms with Gasteiger partial charge in [-0.1, -0.05) is 23.9 Å². The van der Waals surface area contributed by atoms with Crippen molar-refractivity contribution in [2.75, 3.05) is 22.6 Å². The Bertz CT molecular complexity index is 1810. The highest BCUT2D eigenvalue weighted by Gasteiger charge is 2.33. The van der Waals surface area contributed by atoms with E-state index in [4.69, 9.17) is 4.74 Å². The number of benzene rings is 3. The van der Waals surface area contributed by atoms with Crippen molar-refractivity contribution >= 4 is 40.2 Å². The highest BCUT2D eigenvalue weighted by molar-refractivity contribution is 8.15. The number of aromatic nitrogens is 3. The Hall–Kier alpha value is -4.76. The standard InChI is InChI=1S/C31H26F4N6O4S/c1-18-2-5-21(15-44-14-19-3-4-19)26(12-18)41-27(42)16-46-30(41)38-29(43)37-25-11-6-20(13-24(25)32)28-36-17-40(39-28)22-7-9-23(10-8-22)45-31(33,34)35/h2,5-13,17,19H,3-4,14-16H2,1H3,(H,37,43). The summed E-state index contributed by atoms with van der Waals surface area (Å²) in [6.07, 6.45) is -1.18. The smallest absolute Gasteiger partial charge is 0.406 e. The van der Waals surface area contributed by atoms with Gasteiger partial charge >= 0.3 is 12.4 Å². The molecule has 2 fully saturated rings. The molecule has 1 aromatic heterocycles. The fourth-order valence-corrected chi connectivity index (χ4v) is 5.47. The molecule has 6 rings (SSSR count). The summed E-state index contributed by atoms with van der Waals surface area (Å²) in [6, 6.07) is 13.7. The number of nitrogens with one attached hydrogen (secondary N) is 1. The summed E-state index contributed by atoms with van der Waals surface area (Å²) in [5, 5.41) is 6.85. The minimum absolute atomic E-state index is 0.0939. The van der Waals surface area contributed by atoms with E-state index in [2.05, 4.69) is 25.1 Å². The molecule has 1 saturated heterocycles. The van der Waals surface area contributed by atoms with Crippen LogP contribution in [0.1, 0.15) is 24.0 Å². The van der Waals surface area contributed by atoms with Crippen molar-refractivity contribution in [3.05, 3.63) is 83.9 Å². The largest absolute Gasteiger partial charge is 0.573 e. The number of nitrogens with zero attached hydrogens (tertiary/aromatic N) is 5. The van der Waals surface area contributed by atoms with Crippen molar-refractivity contribution in [3.63, 3.8) is 0 Å². The maximum Gasteiger partial charge on any atom is 0.573 e. The maximum absolute atomic E-state index is 15.1. The molecule has 2 aliphatic rings. The van der Waals surface area contributed by atoms with E-state index < -0.39 is 18.2 Å². The van der Waals surface area contributed by atoms with E-state index in [1.807, 2.05) is 25.1 Å². The minimum Gasteiger partial charge on any atom is -0.406 e. The highest BCUT2D eigenvalue weighted by atomic mass is 32.2. The third kappa shape index (κ3) is 7.54. The van der Waals surface area contributed by atoms with Crippen LogP contribution in [0.4, 0.5) is 33.7 Å². The molecule has 46 heavy (non-hydrogen) atoms. The third-order valence-electron chi connectivity index (χ3n) is 7.05. The lowest BCUT2D eigenvalue weighted by Gasteiger charge is -2.20. The molecule has 3 aromatic carbocycles. The predicted molar refractivity (Wildman–Crippen MR) is 163 cm³/mol. The molecule has 238 valence electrons. The number of ether oxygens (including phenoxy) is 2. The molecule has 1 aliphatic carbocycles. The lowest BCUT2D eigenvalue weighted by molar-refractivity contribution is -0.274. The lowest BCUT2D eigenvalue weighted by atomic mass is 10.1. The SMILES string of the molecule is Cc1ccc(COCC2CC2)c(N2C(=O)CSC2=NC(=O)Nc2ccc(-c3ncn(-c4ccc(OC(F)(F)F)cc4)n3)cc2F)c1. The first-order chi connectivity index (χ1) is 22.0. The monoisotopic (exact) mass is 654 g/mol. The number of carbonyl (C=O) groups is 2. The molecule has 1 aliphatic heterocycles. The Balaban J connectivity index is 1.14. The predicted octanol–water partition coefficient (Wildman–Crippen LogP) is 6.87. The van der Waals surface area contributed by atoms with Gasteiger partial charge in [0.2, 0.25) is 5.91 Å². The van der Waals surface area contributed by atoms with Gasteiger partial charge < -0.3 is 14.8 Å². The van der Waals surface area contributed by atoms with Crippen LogP contribution in [0.15, 0.2) is 72.0 Å². The van der Waals surface area contributed by atoms with Crippen molar-refractivity contribution in [1.29, 1.82) is 0 Å². The van der Waals surface area contributed by atoms with Gasteiger partial charge in [-0.05, 0) is 79.8 Å². The van der Waals surface area contributed by atoms with Gasteiger partial charge in [-0.25, -0.2) is 18.9 Å². The number of thioether (sulfide) groups is 1. The molecule has 1 saturated carbocycles. The third-order valence-corrected chi connectivity index (χ3v) is 7.97. The molecule has 0 radical (unpaired) electrons. The van der Waals surface area contributed by atoms with E-state index in [1.54, 1.807) is 0 Å². The topological polar surface area (TPSA) is 111 Å². The van der Waals surface area contributed by atoms with Crippen LogP contribution in [0.3, 0.4) is 0 Å². The number of rotatable bonds is 9. The normalized spacial score (nSPS) is 15.9. The molecule has 10 nitrogen and oxygen atoms in total. The van der Waals surface area contributed by atoms with Gasteiger partial charge in [-0.15, -0.1) is 18.3 Å². The summed E-state index contributed by atoms with van der Waals surface area (Å²) in [5.74, 6) is -0.593. The van der Waals surface area contributed by atoms with E-state index in [9.17, 15) is 22.8 Å². The summed E-state index contributed by atoms with van der Waals surface area (Å²) in [7, 11) is 0.